The smallest absolute Gasteiger partial charge is 0.275 e. The molecule has 0 radical (unpaired) electrons. The van der Waals surface area contributed by atoms with Crippen molar-refractivity contribution in [2.45, 2.75) is 45.2 Å². The molecular weight excluding hydrogens is 336 g/mol. The summed E-state index contributed by atoms with van der Waals surface area (Å²) in [4.78, 5) is 13.6. The molecule has 0 aromatic heterocycles. The second-order valence-corrected chi connectivity index (χ2v) is 7.69. The Balaban J connectivity index is 1.53. The van der Waals surface area contributed by atoms with Crippen LogP contribution in [0.15, 0.2) is 42.5 Å². The minimum Gasteiger partial charge on any atom is -0.497 e. The Morgan fingerprint density at radius 3 is 2.70 bits per heavy atom. The predicted molar refractivity (Wildman–Crippen MR) is 108 cm³/mol. The molecule has 1 unspecified atom stereocenters. The number of nitrogens with one attached hydrogen (secondary N) is 2. The second-order valence-electron chi connectivity index (χ2n) is 7.69. The highest BCUT2D eigenvalue weighted by Gasteiger charge is 2.16. The van der Waals surface area contributed by atoms with Crippen LogP contribution in [-0.4, -0.2) is 26.6 Å². The summed E-state index contributed by atoms with van der Waals surface area (Å²) < 4.78 is 5.27. The Labute approximate surface area is 162 Å². The van der Waals surface area contributed by atoms with Gasteiger partial charge in [-0.25, -0.2) is 0 Å². The molecule has 4 heteroatoms. The van der Waals surface area contributed by atoms with Crippen LogP contribution in [0.3, 0.4) is 0 Å². The number of rotatable bonds is 7. The third kappa shape index (κ3) is 5.33. The molecule has 0 aliphatic heterocycles. The number of benzene rings is 2. The van der Waals surface area contributed by atoms with Crippen LogP contribution in [0.5, 0.6) is 5.75 Å². The van der Waals surface area contributed by atoms with E-state index in [4.69, 9.17) is 4.74 Å². The molecule has 4 nitrogen and oxygen atoms in total. The van der Waals surface area contributed by atoms with Crippen molar-refractivity contribution in [3.8, 4) is 5.75 Å². The molecule has 0 heterocycles. The van der Waals surface area contributed by atoms with Gasteiger partial charge in [0.15, 0.2) is 6.54 Å². The number of hydrogen-bond donors (Lipinski definition) is 2. The first-order chi connectivity index (χ1) is 13.0. The van der Waals surface area contributed by atoms with E-state index in [0.717, 1.165) is 23.6 Å². The molecule has 0 saturated heterocycles. The van der Waals surface area contributed by atoms with Gasteiger partial charge in [0.05, 0.1) is 20.2 Å². The number of methoxy groups -OCH3 is 1. The van der Waals surface area contributed by atoms with Crippen LogP contribution >= 0.6 is 0 Å². The van der Waals surface area contributed by atoms with Gasteiger partial charge < -0.3 is 15.0 Å². The molecule has 3 rings (SSSR count). The maximum atomic E-state index is 12.5. The summed E-state index contributed by atoms with van der Waals surface area (Å²) in [6.45, 7) is 3.31. The zero-order valence-electron chi connectivity index (χ0n) is 16.7. The van der Waals surface area contributed by atoms with Crippen LogP contribution in [0, 0.1) is 0 Å². The zero-order valence-corrected chi connectivity index (χ0v) is 16.7. The van der Waals surface area contributed by atoms with Crippen molar-refractivity contribution in [2.75, 3.05) is 20.7 Å². The van der Waals surface area contributed by atoms with Gasteiger partial charge in [-0.2, -0.15) is 0 Å². The van der Waals surface area contributed by atoms with Gasteiger partial charge in [0.1, 0.15) is 12.3 Å². The number of ether oxygens (including phenoxy) is 1. The lowest BCUT2D eigenvalue weighted by molar-refractivity contribution is -0.885. The summed E-state index contributed by atoms with van der Waals surface area (Å²) in [5.74, 6) is 0.936. The second kappa shape index (κ2) is 9.05. The van der Waals surface area contributed by atoms with Crippen LogP contribution in [-0.2, 0) is 24.2 Å². The highest BCUT2D eigenvalue weighted by molar-refractivity contribution is 5.77. The first-order valence-electron chi connectivity index (χ1n) is 9.90. The fraction of sp³-hybridized carbons (Fsp3) is 0.435. The van der Waals surface area contributed by atoms with Gasteiger partial charge in [-0.05, 0) is 61.4 Å². The van der Waals surface area contributed by atoms with Crippen molar-refractivity contribution in [3.63, 3.8) is 0 Å². The fourth-order valence-electron chi connectivity index (χ4n) is 3.87. The van der Waals surface area contributed by atoms with Crippen LogP contribution in [0.1, 0.15) is 48.1 Å². The van der Waals surface area contributed by atoms with E-state index in [9.17, 15) is 4.79 Å². The summed E-state index contributed by atoms with van der Waals surface area (Å²) in [6.07, 6.45) is 4.92. The van der Waals surface area contributed by atoms with Crippen molar-refractivity contribution in [1.29, 1.82) is 0 Å². The van der Waals surface area contributed by atoms with E-state index < -0.39 is 0 Å². The Morgan fingerprint density at radius 2 is 1.93 bits per heavy atom. The van der Waals surface area contributed by atoms with Gasteiger partial charge in [-0.15, -0.1) is 0 Å². The Bertz CT molecular complexity index is 788. The number of likely N-dealkylation sites (N-methyl/N-ethyl adjacent to an activating group) is 1. The van der Waals surface area contributed by atoms with E-state index in [-0.39, 0.29) is 11.9 Å². The van der Waals surface area contributed by atoms with Crippen molar-refractivity contribution in [3.05, 3.63) is 64.7 Å². The molecule has 2 N–H and O–H groups in total. The number of fused-ring (bicyclic) bond motifs is 1. The molecule has 27 heavy (non-hydrogen) atoms. The Kier molecular flexibility index (Phi) is 6.51. The van der Waals surface area contributed by atoms with E-state index in [0.29, 0.717) is 6.54 Å². The van der Waals surface area contributed by atoms with Gasteiger partial charge in [0, 0.05) is 5.56 Å². The van der Waals surface area contributed by atoms with Crippen molar-refractivity contribution in [2.24, 2.45) is 0 Å². The van der Waals surface area contributed by atoms with E-state index in [1.54, 1.807) is 7.11 Å². The average molecular weight is 368 g/mol. The predicted octanol–water partition coefficient (Wildman–Crippen LogP) is 2.47. The van der Waals surface area contributed by atoms with Crippen molar-refractivity contribution in [1.82, 2.24) is 5.32 Å². The molecule has 144 valence electrons. The molecule has 2 atom stereocenters. The lowest BCUT2D eigenvalue weighted by Gasteiger charge is -2.21. The third-order valence-electron chi connectivity index (χ3n) is 5.35. The highest BCUT2D eigenvalue weighted by atomic mass is 16.5. The van der Waals surface area contributed by atoms with E-state index in [2.05, 4.69) is 36.5 Å². The summed E-state index contributed by atoms with van der Waals surface area (Å²) in [7, 11) is 3.72. The standard InChI is InChI=1S/C23H30N2O2/c1-17(20-12-11-19-8-4-5-9-21(19)14-20)24-23(26)16-25(2)15-18-7-6-10-22(13-18)27-3/h6-7,10-14,17H,4-5,8-9,15-16H2,1-3H3,(H,24,26)/p+1/t17-/m0/s1. The van der Waals surface area contributed by atoms with Gasteiger partial charge in [0.25, 0.3) is 5.91 Å². The Morgan fingerprint density at radius 1 is 1.15 bits per heavy atom. The normalized spacial score (nSPS) is 15.5. The molecule has 1 aliphatic rings. The van der Waals surface area contributed by atoms with Gasteiger partial charge in [0.2, 0.25) is 0 Å². The largest absolute Gasteiger partial charge is 0.497 e. The SMILES string of the molecule is COc1cccc(C[NH+](C)CC(=O)N[C@@H](C)c2ccc3c(c2)CCCC3)c1. The lowest BCUT2D eigenvalue weighted by Crippen LogP contribution is -3.08. The summed E-state index contributed by atoms with van der Waals surface area (Å²) >= 11 is 0. The van der Waals surface area contributed by atoms with E-state index in [1.807, 2.05) is 25.2 Å². The number of quaternary nitrogens is 1. The minimum atomic E-state index is 0.0364. The molecular formula is C23H31N2O2+. The highest BCUT2D eigenvalue weighted by Crippen LogP contribution is 2.24. The molecule has 0 bridgehead atoms. The summed E-state index contributed by atoms with van der Waals surface area (Å²) in [5.41, 5.74) is 5.31. The molecule has 0 spiro atoms. The molecule has 1 aliphatic carbocycles. The van der Waals surface area contributed by atoms with Gasteiger partial charge in [-0.3, -0.25) is 4.79 Å². The van der Waals surface area contributed by atoms with E-state index in [1.165, 1.54) is 41.5 Å². The third-order valence-corrected chi connectivity index (χ3v) is 5.35. The Hall–Kier alpha value is -2.33. The number of carbonyl (C=O) groups excluding carboxylic acids is 1. The quantitative estimate of drug-likeness (QED) is 0.789. The van der Waals surface area contributed by atoms with Crippen molar-refractivity contribution < 1.29 is 14.4 Å². The lowest BCUT2D eigenvalue weighted by atomic mass is 9.89. The van der Waals surface area contributed by atoms with Crippen molar-refractivity contribution >= 4 is 5.91 Å². The minimum absolute atomic E-state index is 0.0364. The molecule has 1 amide bonds. The number of aryl methyl sites for hydroxylation is 2. The fourth-order valence-corrected chi connectivity index (χ4v) is 3.87. The van der Waals surface area contributed by atoms with Crippen LogP contribution in [0.4, 0.5) is 0 Å². The number of hydrogen-bond acceptors (Lipinski definition) is 2. The number of amides is 1. The maximum absolute atomic E-state index is 12.5. The molecule has 2 aromatic rings. The van der Waals surface area contributed by atoms with Gasteiger partial charge in [-0.1, -0.05) is 30.3 Å². The van der Waals surface area contributed by atoms with E-state index >= 15 is 0 Å². The van der Waals surface area contributed by atoms with Crippen LogP contribution in [0.25, 0.3) is 0 Å². The number of carbonyl (C=O) groups is 1. The monoisotopic (exact) mass is 367 g/mol. The van der Waals surface area contributed by atoms with Crippen LogP contribution < -0.4 is 15.0 Å². The van der Waals surface area contributed by atoms with Gasteiger partial charge >= 0.3 is 0 Å². The molecule has 2 aromatic carbocycles. The first-order valence-corrected chi connectivity index (χ1v) is 9.90. The molecule has 0 fully saturated rings. The van der Waals surface area contributed by atoms with Crippen LogP contribution in [0.2, 0.25) is 0 Å². The maximum Gasteiger partial charge on any atom is 0.275 e. The summed E-state index contributed by atoms with van der Waals surface area (Å²) in [6, 6.07) is 14.7. The molecule has 0 saturated carbocycles. The zero-order chi connectivity index (χ0) is 19.2. The summed E-state index contributed by atoms with van der Waals surface area (Å²) in [5, 5.41) is 3.16. The first kappa shape index (κ1) is 19.4. The topological polar surface area (TPSA) is 42.8 Å². The average Bonchev–Trinajstić information content (AvgIpc) is 2.67.